The van der Waals surface area contributed by atoms with Crippen molar-refractivity contribution in [2.75, 3.05) is 24.3 Å². The summed E-state index contributed by atoms with van der Waals surface area (Å²) in [6, 6.07) is 5.64. The Morgan fingerprint density at radius 2 is 2.14 bits per heavy atom. The molecule has 6 heteroatoms. The third-order valence-corrected chi connectivity index (χ3v) is 6.40. The van der Waals surface area contributed by atoms with Gasteiger partial charge in [-0.1, -0.05) is 6.07 Å². The molecule has 0 N–H and O–H groups in total. The zero-order valence-corrected chi connectivity index (χ0v) is 14.3. The number of rotatable bonds is 4. The van der Waals surface area contributed by atoms with Crippen LogP contribution in [0.2, 0.25) is 0 Å². The lowest BCUT2D eigenvalue weighted by atomic mass is 10.1. The van der Waals surface area contributed by atoms with Crippen molar-refractivity contribution in [1.82, 2.24) is 4.90 Å². The highest BCUT2D eigenvalue weighted by atomic mass is 32.2. The van der Waals surface area contributed by atoms with Gasteiger partial charge < -0.3 is 4.90 Å². The molecule has 1 aliphatic rings. The maximum atomic E-state index is 12.8. The summed E-state index contributed by atoms with van der Waals surface area (Å²) in [5.41, 5.74) is 1.60. The topological polar surface area (TPSA) is 54.5 Å². The highest BCUT2D eigenvalue weighted by Crippen LogP contribution is 2.24. The van der Waals surface area contributed by atoms with Gasteiger partial charge in [-0.15, -0.1) is 11.8 Å². The monoisotopic (exact) mass is 327 g/mol. The van der Waals surface area contributed by atoms with Crippen molar-refractivity contribution in [1.29, 1.82) is 0 Å². The van der Waals surface area contributed by atoms with Crippen molar-refractivity contribution in [2.24, 2.45) is 0 Å². The first-order chi connectivity index (χ1) is 9.88. The standard InChI is InChI=1S/C15H21NO3S2/c1-4-16(12-7-8-21(18,19)10-12)15(17)14-9-13(20-3)6-5-11(14)2/h5-6,9,12H,4,7-8,10H2,1-3H3. The smallest absolute Gasteiger partial charge is 0.254 e. The summed E-state index contributed by atoms with van der Waals surface area (Å²) in [6.07, 6.45) is 2.52. The Hall–Kier alpha value is -1.01. The van der Waals surface area contributed by atoms with Gasteiger partial charge in [-0.25, -0.2) is 8.42 Å². The summed E-state index contributed by atoms with van der Waals surface area (Å²) < 4.78 is 23.3. The molecule has 1 aromatic rings. The van der Waals surface area contributed by atoms with Crippen LogP contribution in [0.3, 0.4) is 0 Å². The Labute approximate surface area is 130 Å². The fourth-order valence-corrected chi connectivity index (χ4v) is 4.87. The van der Waals surface area contributed by atoms with Crippen LogP contribution < -0.4 is 0 Å². The van der Waals surface area contributed by atoms with Gasteiger partial charge in [0.25, 0.3) is 5.91 Å². The first-order valence-corrected chi connectivity index (χ1v) is 10.1. The van der Waals surface area contributed by atoms with Crippen LogP contribution in [0, 0.1) is 6.92 Å². The average Bonchev–Trinajstić information content (AvgIpc) is 2.80. The molecule has 1 aromatic carbocycles. The molecule has 0 aliphatic carbocycles. The third-order valence-electron chi connectivity index (χ3n) is 3.93. The van der Waals surface area contributed by atoms with E-state index in [1.54, 1.807) is 16.7 Å². The van der Waals surface area contributed by atoms with E-state index in [1.807, 2.05) is 38.3 Å². The number of sulfone groups is 1. The second-order valence-corrected chi connectivity index (χ2v) is 8.44. The Balaban J connectivity index is 2.29. The van der Waals surface area contributed by atoms with Gasteiger partial charge in [-0.05, 0) is 44.2 Å². The fraction of sp³-hybridized carbons (Fsp3) is 0.533. The van der Waals surface area contributed by atoms with Gasteiger partial charge in [0.15, 0.2) is 9.84 Å². The van der Waals surface area contributed by atoms with Crippen LogP contribution in [0.25, 0.3) is 0 Å². The Morgan fingerprint density at radius 1 is 1.43 bits per heavy atom. The van der Waals surface area contributed by atoms with Crippen molar-refractivity contribution in [3.8, 4) is 0 Å². The minimum absolute atomic E-state index is 0.0620. The molecule has 1 saturated heterocycles. The lowest BCUT2D eigenvalue weighted by molar-refractivity contribution is 0.0707. The largest absolute Gasteiger partial charge is 0.335 e. The molecule has 116 valence electrons. The molecule has 2 rings (SSSR count). The molecule has 0 radical (unpaired) electrons. The van der Waals surface area contributed by atoms with E-state index in [9.17, 15) is 13.2 Å². The number of benzene rings is 1. The molecular weight excluding hydrogens is 306 g/mol. The molecule has 4 nitrogen and oxygen atoms in total. The van der Waals surface area contributed by atoms with Gasteiger partial charge in [0.05, 0.1) is 11.5 Å². The van der Waals surface area contributed by atoms with Crippen molar-refractivity contribution >= 4 is 27.5 Å². The summed E-state index contributed by atoms with van der Waals surface area (Å²) >= 11 is 1.59. The van der Waals surface area contributed by atoms with Gasteiger partial charge in [-0.2, -0.15) is 0 Å². The van der Waals surface area contributed by atoms with Gasteiger partial charge in [-0.3, -0.25) is 4.79 Å². The third kappa shape index (κ3) is 3.61. The quantitative estimate of drug-likeness (QED) is 0.797. The van der Waals surface area contributed by atoms with Crippen LogP contribution >= 0.6 is 11.8 Å². The minimum Gasteiger partial charge on any atom is -0.335 e. The number of aryl methyl sites for hydroxylation is 1. The number of carbonyl (C=O) groups excluding carboxylic acids is 1. The van der Waals surface area contributed by atoms with Gasteiger partial charge in [0.2, 0.25) is 0 Å². The highest BCUT2D eigenvalue weighted by Gasteiger charge is 2.34. The maximum absolute atomic E-state index is 12.8. The maximum Gasteiger partial charge on any atom is 0.254 e. The van der Waals surface area contributed by atoms with E-state index >= 15 is 0 Å². The number of nitrogens with zero attached hydrogens (tertiary/aromatic N) is 1. The SMILES string of the molecule is CCN(C(=O)c1cc(SC)ccc1C)C1CCS(=O)(=O)C1. The molecule has 1 aliphatic heterocycles. The number of hydrogen-bond donors (Lipinski definition) is 0. The first-order valence-electron chi connectivity index (χ1n) is 7.04. The summed E-state index contributed by atoms with van der Waals surface area (Å²) in [6.45, 7) is 4.34. The van der Waals surface area contributed by atoms with E-state index < -0.39 is 9.84 Å². The van der Waals surface area contributed by atoms with Crippen LogP contribution in [-0.4, -0.2) is 49.6 Å². The van der Waals surface area contributed by atoms with Crippen molar-refractivity contribution in [2.45, 2.75) is 31.2 Å². The Kier molecular flexibility index (Phi) is 4.99. The van der Waals surface area contributed by atoms with E-state index in [-0.39, 0.29) is 23.5 Å². The van der Waals surface area contributed by atoms with E-state index in [4.69, 9.17) is 0 Å². The van der Waals surface area contributed by atoms with Crippen LogP contribution in [0.4, 0.5) is 0 Å². The highest BCUT2D eigenvalue weighted by molar-refractivity contribution is 7.98. The lowest BCUT2D eigenvalue weighted by Crippen LogP contribution is -2.41. The van der Waals surface area contributed by atoms with Crippen LogP contribution in [0.15, 0.2) is 23.1 Å². The van der Waals surface area contributed by atoms with Gasteiger partial charge in [0.1, 0.15) is 0 Å². The molecule has 1 fully saturated rings. The molecule has 21 heavy (non-hydrogen) atoms. The van der Waals surface area contributed by atoms with E-state index in [1.165, 1.54) is 0 Å². The predicted molar refractivity (Wildman–Crippen MR) is 86.7 cm³/mol. The Morgan fingerprint density at radius 3 is 2.67 bits per heavy atom. The van der Waals surface area contributed by atoms with Crippen molar-refractivity contribution < 1.29 is 13.2 Å². The van der Waals surface area contributed by atoms with Crippen molar-refractivity contribution in [3.05, 3.63) is 29.3 Å². The summed E-state index contributed by atoms with van der Waals surface area (Å²) in [5, 5.41) is 0. The molecule has 1 heterocycles. The van der Waals surface area contributed by atoms with Crippen LogP contribution in [0.5, 0.6) is 0 Å². The van der Waals surface area contributed by atoms with Crippen LogP contribution in [-0.2, 0) is 9.84 Å². The molecule has 1 unspecified atom stereocenters. The molecule has 0 bridgehead atoms. The lowest BCUT2D eigenvalue weighted by Gasteiger charge is -2.27. The molecule has 1 atom stereocenters. The molecule has 1 amide bonds. The van der Waals surface area contributed by atoms with Crippen molar-refractivity contribution in [3.63, 3.8) is 0 Å². The number of thioether (sulfide) groups is 1. The minimum atomic E-state index is -2.99. The molecule has 0 aromatic heterocycles. The second-order valence-electron chi connectivity index (χ2n) is 5.33. The van der Waals surface area contributed by atoms with Gasteiger partial charge in [0, 0.05) is 23.0 Å². The fourth-order valence-electron chi connectivity index (χ4n) is 2.70. The predicted octanol–water partition coefficient (Wildman–Crippen LogP) is 2.37. The number of hydrogen-bond acceptors (Lipinski definition) is 4. The molecular formula is C15H21NO3S2. The summed E-state index contributed by atoms with van der Waals surface area (Å²) in [7, 11) is -2.99. The Bertz CT molecular complexity index is 640. The van der Waals surface area contributed by atoms with E-state index in [0.29, 0.717) is 18.5 Å². The summed E-state index contributed by atoms with van der Waals surface area (Å²) in [4.78, 5) is 15.5. The molecule has 0 saturated carbocycles. The van der Waals surface area contributed by atoms with E-state index in [2.05, 4.69) is 0 Å². The summed E-state index contributed by atoms with van der Waals surface area (Å²) in [5.74, 6) is 0.215. The normalized spacial score (nSPS) is 20.4. The van der Waals surface area contributed by atoms with E-state index in [0.717, 1.165) is 10.5 Å². The van der Waals surface area contributed by atoms with Gasteiger partial charge >= 0.3 is 0 Å². The van der Waals surface area contributed by atoms with Crippen LogP contribution in [0.1, 0.15) is 29.3 Å². The zero-order chi connectivity index (χ0) is 15.6. The first kappa shape index (κ1) is 16.4. The molecule has 0 spiro atoms. The average molecular weight is 327 g/mol. The zero-order valence-electron chi connectivity index (χ0n) is 12.6. The second kappa shape index (κ2) is 6.40. The number of carbonyl (C=O) groups is 1. The number of amides is 1.